The van der Waals surface area contributed by atoms with Crippen LogP contribution in [0.25, 0.3) is 0 Å². The molecule has 2 aromatic rings. The standard InChI is InChI=1S/C18H20F2N4O3S2.ClH/c1-29(25,26)24-11-6-12(19)17(13(20)7-11)16-8-14(23-27-16)15-9-28-18(22-15)10-2-4-21-5-3-10;/h6-7,9-10,16,21,24H,2-5,8H2,1H3;1H. The average Bonchev–Trinajstić information content (AvgIpc) is 3.30. The highest BCUT2D eigenvalue weighted by Gasteiger charge is 2.31. The summed E-state index contributed by atoms with van der Waals surface area (Å²) in [4.78, 5) is 9.95. The van der Waals surface area contributed by atoms with Gasteiger partial charge in [0.25, 0.3) is 0 Å². The van der Waals surface area contributed by atoms with Gasteiger partial charge in [0, 0.05) is 17.7 Å². The number of nitrogens with one attached hydrogen (secondary N) is 2. The number of hydrogen-bond acceptors (Lipinski definition) is 7. The lowest BCUT2D eigenvalue weighted by Gasteiger charge is -2.20. The van der Waals surface area contributed by atoms with Crippen molar-refractivity contribution in [3.63, 3.8) is 0 Å². The van der Waals surface area contributed by atoms with Crippen molar-refractivity contribution in [3.8, 4) is 0 Å². The molecule has 0 spiro atoms. The van der Waals surface area contributed by atoms with Gasteiger partial charge in [0.2, 0.25) is 10.0 Å². The van der Waals surface area contributed by atoms with Crippen molar-refractivity contribution >= 4 is 45.2 Å². The van der Waals surface area contributed by atoms with Crippen LogP contribution in [0.15, 0.2) is 22.7 Å². The summed E-state index contributed by atoms with van der Waals surface area (Å²) in [6, 6.07) is 1.86. The molecule has 1 fully saturated rings. The fourth-order valence-electron chi connectivity index (χ4n) is 3.52. The molecule has 30 heavy (non-hydrogen) atoms. The van der Waals surface area contributed by atoms with Crippen molar-refractivity contribution in [3.05, 3.63) is 45.4 Å². The number of aromatic nitrogens is 1. The molecule has 0 aliphatic carbocycles. The molecule has 2 aliphatic heterocycles. The fraction of sp³-hybridized carbons (Fsp3) is 0.444. The van der Waals surface area contributed by atoms with Crippen molar-refractivity contribution in [2.24, 2.45) is 5.16 Å². The zero-order chi connectivity index (χ0) is 20.6. The highest BCUT2D eigenvalue weighted by Crippen LogP contribution is 2.35. The third kappa shape index (κ3) is 5.08. The first-order valence-corrected chi connectivity index (χ1v) is 11.9. The highest BCUT2D eigenvalue weighted by atomic mass is 35.5. The predicted molar refractivity (Wildman–Crippen MR) is 114 cm³/mol. The molecule has 7 nitrogen and oxygen atoms in total. The molecule has 1 saturated heterocycles. The van der Waals surface area contributed by atoms with Crippen LogP contribution in [-0.4, -0.2) is 38.5 Å². The summed E-state index contributed by atoms with van der Waals surface area (Å²) < 4.78 is 53.6. The first-order valence-electron chi connectivity index (χ1n) is 9.16. The maximum atomic E-state index is 14.5. The van der Waals surface area contributed by atoms with E-state index in [0.29, 0.717) is 17.3 Å². The van der Waals surface area contributed by atoms with Crippen molar-refractivity contribution in [2.75, 3.05) is 24.1 Å². The number of thiazole rings is 1. The van der Waals surface area contributed by atoms with E-state index in [1.807, 2.05) is 5.38 Å². The highest BCUT2D eigenvalue weighted by molar-refractivity contribution is 7.92. The first-order chi connectivity index (χ1) is 13.8. The third-order valence-electron chi connectivity index (χ3n) is 4.88. The fourth-order valence-corrected chi connectivity index (χ4v) is 5.07. The van der Waals surface area contributed by atoms with E-state index in [9.17, 15) is 17.2 Å². The van der Waals surface area contributed by atoms with Gasteiger partial charge in [-0.2, -0.15) is 0 Å². The number of halogens is 3. The zero-order valence-electron chi connectivity index (χ0n) is 16.0. The topological polar surface area (TPSA) is 92.7 Å². The van der Waals surface area contributed by atoms with Gasteiger partial charge in [0.1, 0.15) is 17.3 Å². The molecule has 0 radical (unpaired) electrons. The number of sulfonamides is 1. The van der Waals surface area contributed by atoms with E-state index in [2.05, 4.69) is 20.2 Å². The van der Waals surface area contributed by atoms with Gasteiger partial charge in [-0.1, -0.05) is 5.16 Å². The van der Waals surface area contributed by atoms with Crippen LogP contribution in [0.1, 0.15) is 47.5 Å². The summed E-state index contributed by atoms with van der Waals surface area (Å²) in [5.41, 5.74) is 0.749. The minimum Gasteiger partial charge on any atom is -0.387 e. The lowest BCUT2D eigenvalue weighted by molar-refractivity contribution is 0.0800. The summed E-state index contributed by atoms with van der Waals surface area (Å²) in [5.74, 6) is -1.38. The van der Waals surface area contributed by atoms with Crippen LogP contribution in [0.4, 0.5) is 14.5 Å². The summed E-state index contributed by atoms with van der Waals surface area (Å²) in [6.45, 7) is 1.93. The number of benzene rings is 1. The average molecular weight is 479 g/mol. The van der Waals surface area contributed by atoms with E-state index in [1.165, 1.54) is 0 Å². The Bertz CT molecular complexity index is 1030. The van der Waals surface area contributed by atoms with E-state index in [0.717, 1.165) is 49.3 Å². The van der Waals surface area contributed by atoms with Gasteiger partial charge in [-0.25, -0.2) is 22.2 Å². The molecular weight excluding hydrogens is 458 g/mol. The quantitative estimate of drug-likeness (QED) is 0.685. The molecule has 0 amide bonds. The van der Waals surface area contributed by atoms with Gasteiger partial charge in [0.15, 0.2) is 6.10 Å². The number of anilines is 1. The van der Waals surface area contributed by atoms with Crippen LogP contribution >= 0.6 is 23.7 Å². The van der Waals surface area contributed by atoms with Gasteiger partial charge < -0.3 is 10.2 Å². The molecule has 1 atom stereocenters. The number of rotatable bonds is 5. The lowest BCUT2D eigenvalue weighted by Crippen LogP contribution is -2.26. The van der Waals surface area contributed by atoms with E-state index in [4.69, 9.17) is 4.84 Å². The summed E-state index contributed by atoms with van der Waals surface area (Å²) in [7, 11) is -3.64. The number of oxime groups is 1. The van der Waals surface area contributed by atoms with E-state index in [1.54, 1.807) is 11.3 Å². The van der Waals surface area contributed by atoms with Crippen LogP contribution < -0.4 is 10.0 Å². The van der Waals surface area contributed by atoms with Gasteiger partial charge in [-0.05, 0) is 38.1 Å². The largest absolute Gasteiger partial charge is 0.387 e. The Morgan fingerprint density at radius 3 is 2.53 bits per heavy atom. The molecule has 164 valence electrons. The number of hydrogen-bond donors (Lipinski definition) is 2. The van der Waals surface area contributed by atoms with Crippen molar-refractivity contribution in [1.82, 2.24) is 10.3 Å². The molecular formula is C18H21ClF2N4O3S2. The second kappa shape index (κ2) is 9.13. The molecule has 1 unspecified atom stereocenters. The number of piperidine rings is 1. The van der Waals surface area contributed by atoms with E-state index < -0.39 is 27.8 Å². The predicted octanol–water partition coefficient (Wildman–Crippen LogP) is 3.55. The summed E-state index contributed by atoms with van der Waals surface area (Å²) in [5, 5.41) is 10.3. The second-order valence-electron chi connectivity index (χ2n) is 7.16. The Hall–Kier alpha value is -1.82. The van der Waals surface area contributed by atoms with E-state index >= 15 is 0 Å². The molecule has 3 heterocycles. The van der Waals surface area contributed by atoms with Crippen LogP contribution in [0.2, 0.25) is 0 Å². The van der Waals surface area contributed by atoms with Crippen molar-refractivity contribution in [1.29, 1.82) is 0 Å². The Morgan fingerprint density at radius 1 is 1.23 bits per heavy atom. The van der Waals surface area contributed by atoms with Gasteiger partial charge in [-0.3, -0.25) is 4.72 Å². The van der Waals surface area contributed by atoms with Gasteiger partial charge in [0.05, 0.1) is 28.2 Å². The monoisotopic (exact) mass is 478 g/mol. The molecule has 1 aromatic heterocycles. The van der Waals surface area contributed by atoms with Crippen LogP contribution in [0.3, 0.4) is 0 Å². The molecule has 0 bridgehead atoms. The Kier molecular flexibility index (Phi) is 6.95. The van der Waals surface area contributed by atoms with Crippen molar-refractivity contribution < 1.29 is 22.0 Å². The smallest absolute Gasteiger partial charge is 0.229 e. The maximum absolute atomic E-state index is 14.5. The number of nitrogens with zero attached hydrogens (tertiary/aromatic N) is 2. The Labute approximate surface area is 183 Å². The Morgan fingerprint density at radius 2 is 1.90 bits per heavy atom. The molecule has 2 N–H and O–H groups in total. The van der Waals surface area contributed by atoms with Crippen LogP contribution in [0, 0.1) is 11.6 Å². The van der Waals surface area contributed by atoms with E-state index in [-0.39, 0.29) is 30.1 Å². The molecule has 0 saturated carbocycles. The lowest BCUT2D eigenvalue weighted by atomic mass is 9.99. The van der Waals surface area contributed by atoms with Gasteiger partial charge >= 0.3 is 0 Å². The second-order valence-corrected chi connectivity index (χ2v) is 9.80. The Balaban J connectivity index is 0.00000256. The molecule has 4 rings (SSSR count). The first kappa shape index (κ1) is 22.9. The SMILES string of the molecule is CS(=O)(=O)Nc1cc(F)c(C2CC(c3csc(C4CCNCC4)n3)=NO2)c(F)c1.Cl. The zero-order valence-corrected chi connectivity index (χ0v) is 18.5. The minimum atomic E-state index is -3.64. The van der Waals surface area contributed by atoms with Gasteiger partial charge in [-0.15, -0.1) is 23.7 Å². The summed E-state index contributed by atoms with van der Waals surface area (Å²) >= 11 is 1.56. The molecule has 12 heteroatoms. The minimum absolute atomic E-state index is 0. The molecule has 1 aromatic carbocycles. The molecule has 2 aliphatic rings. The van der Waals surface area contributed by atoms with Crippen molar-refractivity contribution in [2.45, 2.75) is 31.3 Å². The van der Waals surface area contributed by atoms with Crippen LogP contribution in [0.5, 0.6) is 0 Å². The maximum Gasteiger partial charge on any atom is 0.229 e. The van der Waals surface area contributed by atoms with Crippen LogP contribution in [-0.2, 0) is 14.9 Å². The third-order valence-corrected chi connectivity index (χ3v) is 6.49. The normalized spacial score (nSPS) is 19.7. The summed E-state index contributed by atoms with van der Waals surface area (Å²) in [6.07, 6.45) is 2.22.